The van der Waals surface area contributed by atoms with Crippen LogP contribution in [0.15, 0.2) is 0 Å². The molecule has 0 aromatic heterocycles. The van der Waals surface area contributed by atoms with Gasteiger partial charge in [-0.25, -0.2) is 0 Å². The van der Waals surface area contributed by atoms with Crippen LogP contribution in [0, 0.1) is 17.2 Å². The third-order valence-electron chi connectivity index (χ3n) is 3.12. The molecule has 0 amide bonds. The quantitative estimate of drug-likeness (QED) is 0.664. The molecule has 0 radical (unpaired) electrons. The van der Waals surface area contributed by atoms with Crippen molar-refractivity contribution in [3.63, 3.8) is 0 Å². The highest BCUT2D eigenvalue weighted by molar-refractivity contribution is 5.16. The van der Waals surface area contributed by atoms with Gasteiger partial charge in [0.15, 0.2) is 0 Å². The van der Waals surface area contributed by atoms with Gasteiger partial charge >= 0.3 is 0 Å². The van der Waals surface area contributed by atoms with Crippen LogP contribution >= 0.6 is 0 Å². The molecule has 0 saturated heterocycles. The van der Waals surface area contributed by atoms with E-state index >= 15 is 0 Å². The summed E-state index contributed by atoms with van der Waals surface area (Å²) in [6.45, 7) is 2.36. The zero-order valence-corrected chi connectivity index (χ0v) is 9.92. The fraction of sp³-hybridized carbons (Fsp3) is 0.909. The Bertz CT molecular complexity index is 234. The summed E-state index contributed by atoms with van der Waals surface area (Å²) < 4.78 is 5.03. The van der Waals surface area contributed by atoms with Crippen LogP contribution in [-0.2, 0) is 4.74 Å². The Morgan fingerprint density at radius 1 is 1.60 bits per heavy atom. The lowest BCUT2D eigenvalue weighted by atomic mass is 9.94. The number of nitrogens with zero attached hydrogens (tertiary/aromatic N) is 2. The lowest BCUT2D eigenvalue weighted by Gasteiger charge is -2.31. The summed E-state index contributed by atoms with van der Waals surface area (Å²) in [5.41, 5.74) is -0.359. The molecule has 1 fully saturated rings. The minimum Gasteiger partial charge on any atom is -0.383 e. The number of ether oxygens (including phenoxy) is 1. The Hall–Kier alpha value is -0.630. The second-order valence-electron chi connectivity index (χ2n) is 4.34. The van der Waals surface area contributed by atoms with Crippen LogP contribution < -0.4 is 5.32 Å². The molecule has 0 aromatic rings. The van der Waals surface area contributed by atoms with E-state index in [4.69, 9.17) is 4.74 Å². The molecular weight excluding hydrogens is 190 g/mol. The first-order valence-corrected chi connectivity index (χ1v) is 5.46. The Morgan fingerprint density at radius 3 is 2.67 bits per heavy atom. The number of hydrogen-bond donors (Lipinski definition) is 1. The van der Waals surface area contributed by atoms with E-state index in [1.807, 2.05) is 14.1 Å². The third kappa shape index (κ3) is 3.16. The minimum atomic E-state index is -0.359. The van der Waals surface area contributed by atoms with Gasteiger partial charge in [-0.15, -0.1) is 0 Å². The second-order valence-corrected chi connectivity index (χ2v) is 4.34. The summed E-state index contributed by atoms with van der Waals surface area (Å²) in [5, 5.41) is 12.5. The molecule has 0 aliphatic heterocycles. The average molecular weight is 211 g/mol. The molecule has 1 aliphatic carbocycles. The van der Waals surface area contributed by atoms with Crippen molar-refractivity contribution < 1.29 is 4.74 Å². The fourth-order valence-corrected chi connectivity index (χ4v) is 1.92. The number of nitriles is 1. The van der Waals surface area contributed by atoms with Gasteiger partial charge in [0.2, 0.25) is 0 Å². The number of methoxy groups -OCH3 is 1. The van der Waals surface area contributed by atoms with Crippen molar-refractivity contribution in [2.45, 2.75) is 18.4 Å². The normalized spacial score (nSPS) is 19.9. The van der Waals surface area contributed by atoms with Gasteiger partial charge in [0, 0.05) is 20.2 Å². The lowest BCUT2D eigenvalue weighted by Crippen LogP contribution is -2.52. The summed E-state index contributed by atoms with van der Waals surface area (Å²) >= 11 is 0. The number of nitrogens with one attached hydrogen (secondary N) is 1. The molecule has 1 rings (SSSR count). The fourth-order valence-electron chi connectivity index (χ4n) is 1.92. The predicted octanol–water partition coefficient (Wildman–Crippen LogP) is 0.456. The molecule has 15 heavy (non-hydrogen) atoms. The summed E-state index contributed by atoms with van der Waals surface area (Å²) in [7, 11) is 5.61. The first-order valence-electron chi connectivity index (χ1n) is 5.46. The van der Waals surface area contributed by atoms with E-state index in [2.05, 4.69) is 16.3 Å². The standard InChI is InChI=1S/C11H21N3O/c1-13-11(8-12,10-4-5-10)9-14(2)6-7-15-3/h10,13H,4-7,9H2,1-3H3. The molecule has 4 nitrogen and oxygen atoms in total. The van der Waals surface area contributed by atoms with Gasteiger partial charge in [-0.2, -0.15) is 5.26 Å². The van der Waals surface area contributed by atoms with Gasteiger partial charge in [0.05, 0.1) is 12.7 Å². The Kier molecular flexibility index (Phi) is 4.52. The largest absolute Gasteiger partial charge is 0.383 e. The van der Waals surface area contributed by atoms with Crippen LogP contribution in [0.2, 0.25) is 0 Å². The molecule has 1 atom stereocenters. The Morgan fingerprint density at radius 2 is 2.27 bits per heavy atom. The molecule has 4 heteroatoms. The molecule has 0 aromatic carbocycles. The van der Waals surface area contributed by atoms with Crippen molar-refractivity contribution in [3.8, 4) is 6.07 Å². The Labute approximate surface area is 92.2 Å². The Balaban J connectivity index is 2.47. The van der Waals surface area contributed by atoms with E-state index in [9.17, 15) is 5.26 Å². The first-order chi connectivity index (χ1) is 7.18. The molecule has 1 unspecified atom stereocenters. The van der Waals surface area contributed by atoms with E-state index in [0.717, 1.165) is 13.1 Å². The van der Waals surface area contributed by atoms with E-state index in [1.54, 1.807) is 7.11 Å². The second kappa shape index (κ2) is 5.45. The highest BCUT2D eigenvalue weighted by Crippen LogP contribution is 2.39. The molecular formula is C11H21N3O. The van der Waals surface area contributed by atoms with Crippen LogP contribution in [0.25, 0.3) is 0 Å². The summed E-state index contributed by atoms with van der Waals surface area (Å²) in [6, 6.07) is 2.44. The zero-order valence-electron chi connectivity index (χ0n) is 9.92. The highest BCUT2D eigenvalue weighted by atomic mass is 16.5. The van der Waals surface area contributed by atoms with Crippen LogP contribution in [0.5, 0.6) is 0 Å². The number of hydrogen-bond acceptors (Lipinski definition) is 4. The highest BCUT2D eigenvalue weighted by Gasteiger charge is 2.45. The van der Waals surface area contributed by atoms with Crippen molar-refractivity contribution in [1.82, 2.24) is 10.2 Å². The maximum atomic E-state index is 9.29. The average Bonchev–Trinajstić information content (AvgIpc) is 3.07. The van der Waals surface area contributed by atoms with Gasteiger partial charge < -0.3 is 15.0 Å². The van der Waals surface area contributed by atoms with Crippen molar-refractivity contribution in [1.29, 1.82) is 5.26 Å². The smallest absolute Gasteiger partial charge is 0.122 e. The van der Waals surface area contributed by atoms with Crippen LogP contribution in [0.1, 0.15) is 12.8 Å². The van der Waals surface area contributed by atoms with E-state index in [-0.39, 0.29) is 5.54 Å². The molecule has 1 N–H and O–H groups in total. The van der Waals surface area contributed by atoms with Gasteiger partial charge in [-0.05, 0) is 32.9 Å². The summed E-state index contributed by atoms with van der Waals surface area (Å²) in [4.78, 5) is 2.15. The lowest BCUT2D eigenvalue weighted by molar-refractivity contribution is 0.145. The molecule has 0 spiro atoms. The summed E-state index contributed by atoms with van der Waals surface area (Å²) in [5.74, 6) is 0.525. The molecule has 1 saturated carbocycles. The molecule has 86 valence electrons. The maximum absolute atomic E-state index is 9.29. The van der Waals surface area contributed by atoms with Crippen LogP contribution in [0.3, 0.4) is 0 Å². The minimum absolute atomic E-state index is 0.359. The zero-order chi connectivity index (χ0) is 11.3. The topological polar surface area (TPSA) is 48.3 Å². The van der Waals surface area contributed by atoms with Crippen LogP contribution in [0.4, 0.5) is 0 Å². The van der Waals surface area contributed by atoms with Crippen molar-refractivity contribution in [2.24, 2.45) is 5.92 Å². The number of likely N-dealkylation sites (N-methyl/N-ethyl adjacent to an activating group) is 2. The molecule has 1 aliphatic rings. The van der Waals surface area contributed by atoms with Crippen molar-refractivity contribution in [3.05, 3.63) is 0 Å². The van der Waals surface area contributed by atoms with E-state index < -0.39 is 0 Å². The SMILES string of the molecule is CNC(C#N)(CN(C)CCOC)C1CC1. The van der Waals surface area contributed by atoms with Crippen molar-refractivity contribution >= 4 is 0 Å². The van der Waals surface area contributed by atoms with Gasteiger partial charge in [0.1, 0.15) is 5.54 Å². The molecule has 0 bridgehead atoms. The number of rotatable bonds is 7. The van der Waals surface area contributed by atoms with E-state index in [0.29, 0.717) is 12.5 Å². The first kappa shape index (κ1) is 12.4. The van der Waals surface area contributed by atoms with Gasteiger partial charge in [0.25, 0.3) is 0 Å². The van der Waals surface area contributed by atoms with Crippen molar-refractivity contribution in [2.75, 3.05) is 40.9 Å². The van der Waals surface area contributed by atoms with Gasteiger partial charge in [-0.1, -0.05) is 0 Å². The summed E-state index contributed by atoms with van der Waals surface area (Å²) in [6.07, 6.45) is 2.35. The maximum Gasteiger partial charge on any atom is 0.122 e. The van der Waals surface area contributed by atoms with Crippen LogP contribution in [-0.4, -0.2) is 51.3 Å². The third-order valence-corrected chi connectivity index (χ3v) is 3.12. The molecule has 0 heterocycles. The van der Waals surface area contributed by atoms with E-state index in [1.165, 1.54) is 12.8 Å². The predicted molar refractivity (Wildman–Crippen MR) is 59.5 cm³/mol. The monoisotopic (exact) mass is 211 g/mol. The van der Waals surface area contributed by atoms with Gasteiger partial charge in [-0.3, -0.25) is 0 Å².